The summed E-state index contributed by atoms with van der Waals surface area (Å²) in [4.78, 5) is 34.2. The predicted octanol–water partition coefficient (Wildman–Crippen LogP) is 2.26. The Bertz CT molecular complexity index is 586. The van der Waals surface area contributed by atoms with Crippen molar-refractivity contribution in [2.75, 3.05) is 6.54 Å². The number of hydrogen-bond acceptors (Lipinski definition) is 4. The van der Waals surface area contributed by atoms with E-state index in [1.54, 1.807) is 11.8 Å². The molecule has 120 valence electrons. The molecule has 1 fully saturated rings. The van der Waals surface area contributed by atoms with Gasteiger partial charge in [0.05, 0.1) is 17.1 Å². The fourth-order valence-corrected chi connectivity index (χ4v) is 2.91. The minimum Gasteiger partial charge on any atom is -0.481 e. The number of hydrogen-bond donors (Lipinski definition) is 1. The van der Waals surface area contributed by atoms with Crippen LogP contribution in [0.2, 0.25) is 0 Å². The van der Waals surface area contributed by atoms with Crippen molar-refractivity contribution in [2.45, 2.75) is 58.9 Å². The number of rotatable bonds is 4. The van der Waals surface area contributed by atoms with Crippen LogP contribution in [0, 0.1) is 20.8 Å². The van der Waals surface area contributed by atoms with Crippen molar-refractivity contribution in [3.05, 3.63) is 22.8 Å². The number of carboxylic acids is 1. The summed E-state index contributed by atoms with van der Waals surface area (Å²) in [6, 6.07) is -0.0137. The molecule has 1 unspecified atom stereocenters. The number of aryl methyl sites for hydroxylation is 3. The van der Waals surface area contributed by atoms with Crippen molar-refractivity contribution < 1.29 is 14.7 Å². The number of nitrogens with zero attached hydrogens (tertiary/aromatic N) is 3. The summed E-state index contributed by atoms with van der Waals surface area (Å²) >= 11 is 0. The van der Waals surface area contributed by atoms with Crippen LogP contribution in [0.1, 0.15) is 59.7 Å². The lowest BCUT2D eigenvalue weighted by molar-refractivity contribution is -0.137. The van der Waals surface area contributed by atoms with Crippen molar-refractivity contribution >= 4 is 11.9 Å². The molecule has 1 aliphatic rings. The molecule has 1 aromatic rings. The minimum atomic E-state index is -0.819. The Kier molecular flexibility index (Phi) is 5.11. The van der Waals surface area contributed by atoms with Crippen LogP contribution in [0.5, 0.6) is 0 Å². The van der Waals surface area contributed by atoms with Crippen LogP contribution >= 0.6 is 0 Å². The number of piperidine rings is 1. The molecule has 22 heavy (non-hydrogen) atoms. The molecule has 0 radical (unpaired) electrons. The van der Waals surface area contributed by atoms with Crippen molar-refractivity contribution in [3.8, 4) is 0 Å². The summed E-state index contributed by atoms with van der Waals surface area (Å²) in [6.07, 6.45) is 3.43. The normalized spacial score (nSPS) is 18.3. The van der Waals surface area contributed by atoms with Crippen molar-refractivity contribution in [1.82, 2.24) is 14.9 Å². The zero-order chi connectivity index (χ0) is 16.3. The van der Waals surface area contributed by atoms with Gasteiger partial charge in [-0.05, 0) is 46.5 Å². The van der Waals surface area contributed by atoms with Gasteiger partial charge in [-0.25, -0.2) is 4.98 Å². The average molecular weight is 305 g/mol. The Morgan fingerprint density at radius 1 is 1.14 bits per heavy atom. The standard InChI is InChI=1S/C16H23N3O3/c1-10-11(2)18-15(12(3)17-10)16(22)19-9-5-4-6-13(19)7-8-14(20)21/h13H,4-9H2,1-3H3,(H,20,21). The lowest BCUT2D eigenvalue weighted by Crippen LogP contribution is -2.44. The van der Waals surface area contributed by atoms with Crippen LogP contribution in [0.4, 0.5) is 0 Å². The third kappa shape index (κ3) is 3.61. The summed E-state index contributed by atoms with van der Waals surface area (Å²) in [5, 5.41) is 8.87. The number of carbonyl (C=O) groups is 2. The monoisotopic (exact) mass is 305 g/mol. The van der Waals surface area contributed by atoms with E-state index in [9.17, 15) is 9.59 Å². The van der Waals surface area contributed by atoms with Gasteiger partial charge in [-0.15, -0.1) is 0 Å². The number of carboxylic acid groups (broad SMARTS) is 1. The van der Waals surface area contributed by atoms with E-state index < -0.39 is 5.97 Å². The average Bonchev–Trinajstić information content (AvgIpc) is 2.48. The van der Waals surface area contributed by atoms with Gasteiger partial charge in [0, 0.05) is 19.0 Å². The van der Waals surface area contributed by atoms with E-state index in [1.807, 2.05) is 13.8 Å². The largest absolute Gasteiger partial charge is 0.481 e. The van der Waals surface area contributed by atoms with Gasteiger partial charge < -0.3 is 10.0 Å². The predicted molar refractivity (Wildman–Crippen MR) is 81.8 cm³/mol. The quantitative estimate of drug-likeness (QED) is 0.922. The third-order valence-electron chi connectivity index (χ3n) is 4.26. The smallest absolute Gasteiger partial charge is 0.303 e. The molecular weight excluding hydrogens is 282 g/mol. The van der Waals surface area contributed by atoms with Gasteiger partial charge in [0.15, 0.2) is 0 Å². The molecule has 6 heteroatoms. The first-order chi connectivity index (χ1) is 10.4. The van der Waals surface area contributed by atoms with Gasteiger partial charge in [-0.2, -0.15) is 0 Å². The van der Waals surface area contributed by atoms with Gasteiger partial charge in [0.1, 0.15) is 5.69 Å². The number of carbonyl (C=O) groups excluding carboxylic acids is 1. The van der Waals surface area contributed by atoms with E-state index >= 15 is 0 Å². The molecule has 6 nitrogen and oxygen atoms in total. The molecule has 1 amide bonds. The molecule has 0 bridgehead atoms. The Labute approximate surface area is 130 Å². The Balaban J connectivity index is 2.21. The molecule has 0 spiro atoms. The molecule has 2 rings (SSSR count). The molecule has 0 aromatic carbocycles. The molecule has 1 saturated heterocycles. The first-order valence-corrected chi connectivity index (χ1v) is 7.74. The molecule has 1 aliphatic heterocycles. The first-order valence-electron chi connectivity index (χ1n) is 7.74. The van der Waals surface area contributed by atoms with E-state index in [1.165, 1.54) is 0 Å². The summed E-state index contributed by atoms with van der Waals surface area (Å²) in [7, 11) is 0. The second kappa shape index (κ2) is 6.85. The van der Waals surface area contributed by atoms with Crippen LogP contribution in [0.25, 0.3) is 0 Å². The Hall–Kier alpha value is -1.98. The van der Waals surface area contributed by atoms with Gasteiger partial charge in [0.2, 0.25) is 0 Å². The third-order valence-corrected chi connectivity index (χ3v) is 4.26. The Morgan fingerprint density at radius 3 is 2.50 bits per heavy atom. The summed E-state index contributed by atoms with van der Waals surface area (Å²) < 4.78 is 0. The lowest BCUT2D eigenvalue weighted by atomic mass is 9.97. The topological polar surface area (TPSA) is 83.4 Å². The zero-order valence-electron chi connectivity index (χ0n) is 13.4. The molecule has 2 heterocycles. The minimum absolute atomic E-state index is 0.0137. The van der Waals surface area contributed by atoms with E-state index in [0.717, 1.165) is 30.7 Å². The van der Waals surface area contributed by atoms with E-state index in [-0.39, 0.29) is 18.4 Å². The van der Waals surface area contributed by atoms with Gasteiger partial charge in [-0.1, -0.05) is 0 Å². The van der Waals surface area contributed by atoms with Gasteiger partial charge in [0.25, 0.3) is 5.91 Å². The first kappa shape index (κ1) is 16.4. The van der Waals surface area contributed by atoms with Crippen molar-refractivity contribution in [3.63, 3.8) is 0 Å². The second-order valence-corrected chi connectivity index (χ2v) is 5.91. The summed E-state index contributed by atoms with van der Waals surface area (Å²) in [6.45, 7) is 6.18. The maximum absolute atomic E-state index is 12.8. The number of aromatic nitrogens is 2. The fourth-order valence-electron chi connectivity index (χ4n) is 2.91. The molecule has 1 aromatic heterocycles. The SMILES string of the molecule is Cc1nc(C)c(C(=O)N2CCCCC2CCC(=O)O)nc1C. The van der Waals surface area contributed by atoms with Crippen LogP contribution in [-0.2, 0) is 4.79 Å². The molecule has 0 saturated carbocycles. The van der Waals surface area contributed by atoms with Gasteiger partial charge in [-0.3, -0.25) is 14.6 Å². The molecular formula is C16H23N3O3. The molecule has 1 atom stereocenters. The van der Waals surface area contributed by atoms with Crippen LogP contribution in [0.3, 0.4) is 0 Å². The lowest BCUT2D eigenvalue weighted by Gasteiger charge is -2.35. The van der Waals surface area contributed by atoms with Crippen LogP contribution < -0.4 is 0 Å². The second-order valence-electron chi connectivity index (χ2n) is 5.91. The van der Waals surface area contributed by atoms with Gasteiger partial charge >= 0.3 is 5.97 Å². The summed E-state index contributed by atoms with van der Waals surface area (Å²) in [5.74, 6) is -0.941. The Morgan fingerprint density at radius 2 is 1.82 bits per heavy atom. The van der Waals surface area contributed by atoms with Crippen LogP contribution in [0.15, 0.2) is 0 Å². The highest BCUT2D eigenvalue weighted by atomic mass is 16.4. The number of likely N-dealkylation sites (tertiary alicyclic amines) is 1. The fraction of sp³-hybridized carbons (Fsp3) is 0.625. The van der Waals surface area contributed by atoms with E-state index in [4.69, 9.17) is 5.11 Å². The number of aliphatic carboxylic acids is 1. The maximum Gasteiger partial charge on any atom is 0.303 e. The van der Waals surface area contributed by atoms with E-state index in [0.29, 0.717) is 24.4 Å². The maximum atomic E-state index is 12.8. The molecule has 1 N–H and O–H groups in total. The van der Waals surface area contributed by atoms with Crippen molar-refractivity contribution in [2.24, 2.45) is 0 Å². The highest BCUT2D eigenvalue weighted by molar-refractivity contribution is 5.93. The molecule has 0 aliphatic carbocycles. The summed E-state index contributed by atoms with van der Waals surface area (Å²) in [5.41, 5.74) is 2.61. The van der Waals surface area contributed by atoms with Crippen molar-refractivity contribution in [1.29, 1.82) is 0 Å². The van der Waals surface area contributed by atoms with Crippen LogP contribution in [-0.4, -0.2) is 44.4 Å². The van der Waals surface area contributed by atoms with E-state index in [2.05, 4.69) is 9.97 Å². The highest BCUT2D eigenvalue weighted by Gasteiger charge is 2.29. The highest BCUT2D eigenvalue weighted by Crippen LogP contribution is 2.23. The zero-order valence-corrected chi connectivity index (χ0v) is 13.4. The number of amides is 1.